The largest absolute Gasteiger partial charge is 0.508 e. The van der Waals surface area contributed by atoms with E-state index in [9.17, 15) is 13.5 Å². The van der Waals surface area contributed by atoms with Crippen LogP contribution in [0.4, 0.5) is 0 Å². The van der Waals surface area contributed by atoms with Gasteiger partial charge in [-0.1, -0.05) is 66.8 Å². The van der Waals surface area contributed by atoms with Crippen molar-refractivity contribution in [3.8, 4) is 0 Å². The van der Waals surface area contributed by atoms with Crippen LogP contribution in [0, 0.1) is 5.92 Å². The maximum atomic E-state index is 12.9. The van der Waals surface area contributed by atoms with E-state index in [0.29, 0.717) is 17.7 Å². The van der Waals surface area contributed by atoms with Gasteiger partial charge < -0.3 is 5.11 Å². The summed E-state index contributed by atoms with van der Waals surface area (Å²) >= 11 is 0. The topological polar surface area (TPSA) is 66.4 Å². The summed E-state index contributed by atoms with van der Waals surface area (Å²) < 4.78 is 28.6. The maximum absolute atomic E-state index is 12.9. The second-order valence-corrected chi connectivity index (χ2v) is 8.57. The van der Waals surface area contributed by atoms with Crippen LogP contribution in [0.3, 0.4) is 0 Å². The first-order valence-electron chi connectivity index (χ1n) is 8.98. The average molecular weight is 379 g/mol. The summed E-state index contributed by atoms with van der Waals surface area (Å²) in [6, 6.07) is 9.59. The van der Waals surface area contributed by atoms with Crippen molar-refractivity contribution in [1.29, 1.82) is 0 Å². The lowest BCUT2D eigenvalue weighted by atomic mass is 9.84. The molecule has 4 rings (SSSR count). The second-order valence-electron chi connectivity index (χ2n) is 6.81. The van der Waals surface area contributed by atoms with Crippen LogP contribution in [0.2, 0.25) is 0 Å². The molecule has 0 heterocycles. The molecule has 1 aromatic rings. The molecule has 2 N–H and O–H groups in total. The van der Waals surface area contributed by atoms with Crippen LogP contribution < -0.4 is 4.72 Å². The number of fused-ring (bicyclic) bond motifs is 1. The van der Waals surface area contributed by atoms with Gasteiger partial charge in [0, 0.05) is 11.5 Å². The molecule has 1 aromatic carbocycles. The highest BCUT2D eigenvalue weighted by molar-refractivity contribution is 7.93. The normalized spacial score (nSPS) is 24.4. The van der Waals surface area contributed by atoms with Crippen LogP contribution in [0.5, 0.6) is 0 Å². The summed E-state index contributed by atoms with van der Waals surface area (Å²) in [5.41, 5.74) is 3.00. The Hall–Kier alpha value is -2.63. The fourth-order valence-corrected chi connectivity index (χ4v) is 5.00. The van der Waals surface area contributed by atoms with Gasteiger partial charge in [-0.25, -0.2) is 13.1 Å². The summed E-state index contributed by atoms with van der Waals surface area (Å²) in [6.45, 7) is 0. The highest BCUT2D eigenvalue weighted by atomic mass is 32.2. The van der Waals surface area contributed by atoms with Crippen molar-refractivity contribution in [3.05, 3.63) is 101 Å². The van der Waals surface area contributed by atoms with Gasteiger partial charge in [-0.2, -0.15) is 0 Å². The molecule has 0 spiro atoms. The molecular formula is C22H21NO3S. The number of hydrogen-bond acceptors (Lipinski definition) is 3. The summed E-state index contributed by atoms with van der Waals surface area (Å²) in [5, 5.41) is 10.0. The van der Waals surface area contributed by atoms with Gasteiger partial charge in [0.05, 0.1) is 10.9 Å². The van der Waals surface area contributed by atoms with E-state index >= 15 is 0 Å². The lowest BCUT2D eigenvalue weighted by Crippen LogP contribution is -2.41. The van der Waals surface area contributed by atoms with E-state index in [1.54, 1.807) is 24.3 Å². The number of benzene rings is 1. The molecule has 3 aliphatic rings. The Kier molecular flexibility index (Phi) is 4.72. The number of aliphatic hydroxyl groups excluding tert-OH is 1. The molecule has 2 atom stereocenters. The van der Waals surface area contributed by atoms with Crippen molar-refractivity contribution in [2.75, 3.05) is 0 Å². The summed E-state index contributed by atoms with van der Waals surface area (Å²) in [6.07, 6.45) is 15.5. The minimum Gasteiger partial charge on any atom is -0.508 e. The van der Waals surface area contributed by atoms with Gasteiger partial charge in [0.1, 0.15) is 5.76 Å². The van der Waals surface area contributed by atoms with Crippen molar-refractivity contribution in [3.63, 3.8) is 0 Å². The molecule has 0 amide bonds. The zero-order chi connectivity index (χ0) is 18.9. The van der Waals surface area contributed by atoms with Gasteiger partial charge in [-0.3, -0.25) is 0 Å². The highest BCUT2D eigenvalue weighted by Crippen LogP contribution is 2.32. The van der Waals surface area contributed by atoms with Gasteiger partial charge in [0.15, 0.2) is 0 Å². The summed E-state index contributed by atoms with van der Waals surface area (Å²) in [5.74, 6) is -0.0160. The lowest BCUT2D eigenvalue weighted by molar-refractivity contribution is 0.401. The van der Waals surface area contributed by atoms with Gasteiger partial charge in [-0.05, 0) is 36.1 Å². The van der Waals surface area contributed by atoms with Crippen molar-refractivity contribution >= 4 is 15.6 Å². The summed E-state index contributed by atoms with van der Waals surface area (Å²) in [7, 11) is -3.60. The molecule has 138 valence electrons. The van der Waals surface area contributed by atoms with E-state index in [1.165, 1.54) is 0 Å². The maximum Gasteiger partial charge on any atom is 0.237 e. The number of rotatable bonds is 4. The molecular weight excluding hydrogens is 358 g/mol. The monoisotopic (exact) mass is 379 g/mol. The zero-order valence-corrected chi connectivity index (χ0v) is 15.6. The zero-order valence-electron chi connectivity index (χ0n) is 14.7. The Morgan fingerprint density at radius 2 is 1.70 bits per heavy atom. The Morgan fingerprint density at radius 3 is 2.44 bits per heavy atom. The highest BCUT2D eigenvalue weighted by Gasteiger charge is 2.31. The first-order valence-corrected chi connectivity index (χ1v) is 10.5. The first kappa shape index (κ1) is 17.8. The van der Waals surface area contributed by atoms with E-state index in [0.717, 1.165) is 16.7 Å². The van der Waals surface area contributed by atoms with E-state index < -0.39 is 16.1 Å². The fraction of sp³-hybridized carbons (Fsp3) is 0.182. The first-order chi connectivity index (χ1) is 13.0. The molecule has 4 nitrogen and oxygen atoms in total. The Morgan fingerprint density at radius 1 is 0.926 bits per heavy atom. The molecule has 0 radical (unpaired) electrons. The van der Waals surface area contributed by atoms with Crippen LogP contribution in [0.15, 0.2) is 95.2 Å². The third kappa shape index (κ3) is 3.61. The molecule has 0 saturated carbocycles. The quantitative estimate of drug-likeness (QED) is 0.825. The van der Waals surface area contributed by atoms with E-state index in [4.69, 9.17) is 0 Å². The van der Waals surface area contributed by atoms with Crippen molar-refractivity contribution in [2.45, 2.75) is 18.9 Å². The van der Waals surface area contributed by atoms with E-state index in [1.807, 2.05) is 54.6 Å². The van der Waals surface area contributed by atoms with Crippen molar-refractivity contribution < 1.29 is 13.5 Å². The fourth-order valence-electron chi connectivity index (χ4n) is 3.65. The predicted octanol–water partition coefficient (Wildman–Crippen LogP) is 4.16. The molecule has 27 heavy (non-hydrogen) atoms. The molecule has 0 bridgehead atoms. The van der Waals surface area contributed by atoms with Crippen LogP contribution in [0.25, 0.3) is 5.57 Å². The summed E-state index contributed by atoms with van der Waals surface area (Å²) in [4.78, 5) is 0.395. The molecule has 2 unspecified atom stereocenters. The third-order valence-electron chi connectivity index (χ3n) is 5.10. The second kappa shape index (κ2) is 7.18. The molecule has 5 heteroatoms. The predicted molar refractivity (Wildman–Crippen MR) is 108 cm³/mol. The number of nitrogens with one attached hydrogen (secondary N) is 1. The SMILES string of the molecule is O=S(=O)(NC1C=CC=C2C(O)=CC=CC21)C1=CC=C(c2ccccc2)CC1. The van der Waals surface area contributed by atoms with Gasteiger partial charge in [-0.15, -0.1) is 0 Å². The molecule has 3 aliphatic carbocycles. The Labute approximate surface area is 159 Å². The number of aliphatic hydroxyl groups is 1. The number of hydrogen-bond donors (Lipinski definition) is 2. The molecule has 0 fully saturated rings. The van der Waals surface area contributed by atoms with Crippen molar-refractivity contribution in [1.82, 2.24) is 4.72 Å². The van der Waals surface area contributed by atoms with Gasteiger partial charge in [0.25, 0.3) is 0 Å². The smallest absolute Gasteiger partial charge is 0.237 e. The third-order valence-corrected chi connectivity index (χ3v) is 6.71. The minimum absolute atomic E-state index is 0.184. The average Bonchev–Trinajstić information content (AvgIpc) is 2.69. The molecule has 0 saturated heterocycles. The van der Waals surface area contributed by atoms with Gasteiger partial charge >= 0.3 is 0 Å². The standard InChI is InChI=1S/C22H21NO3S/c24-22-11-5-8-19-20(22)9-4-10-21(19)23-27(25,26)18-14-12-17(13-15-18)16-6-2-1-3-7-16/h1-12,14,19,21,23-24H,13,15H2. The Bertz CT molecular complexity index is 1020. The Balaban J connectivity index is 1.53. The van der Waals surface area contributed by atoms with Crippen molar-refractivity contribution in [2.24, 2.45) is 5.92 Å². The van der Waals surface area contributed by atoms with Crippen LogP contribution >= 0.6 is 0 Å². The number of sulfonamides is 1. The van der Waals surface area contributed by atoms with Gasteiger partial charge in [0.2, 0.25) is 10.0 Å². The van der Waals surface area contributed by atoms with Crippen LogP contribution in [-0.2, 0) is 10.0 Å². The van der Waals surface area contributed by atoms with E-state index in [2.05, 4.69) is 4.72 Å². The minimum atomic E-state index is -3.60. The van der Waals surface area contributed by atoms with Crippen LogP contribution in [0.1, 0.15) is 18.4 Å². The number of allylic oxidation sites excluding steroid dienone is 9. The molecule has 0 aliphatic heterocycles. The van der Waals surface area contributed by atoms with Crippen LogP contribution in [-0.4, -0.2) is 19.6 Å². The van der Waals surface area contributed by atoms with E-state index in [-0.39, 0.29) is 11.7 Å². The lowest BCUT2D eigenvalue weighted by Gasteiger charge is -2.29. The molecule has 0 aromatic heterocycles.